The van der Waals surface area contributed by atoms with Crippen LogP contribution in [0.4, 0.5) is 0 Å². The molecule has 340 valence electrons. The van der Waals surface area contributed by atoms with Gasteiger partial charge in [0.15, 0.2) is 6.10 Å². The number of carbonyl (C=O) groups is 3. The fraction of sp³-hybridized carbons (Fsp3) is 0.848. The largest absolute Gasteiger partial charge is 0.472 e. The molecule has 0 bridgehead atoms. The summed E-state index contributed by atoms with van der Waals surface area (Å²) in [5.41, 5.74) is 0. The molecule has 0 saturated heterocycles. The van der Waals surface area contributed by atoms with E-state index in [4.69, 9.17) is 23.3 Å². The van der Waals surface area contributed by atoms with Crippen LogP contribution in [0.3, 0.4) is 0 Å². The summed E-state index contributed by atoms with van der Waals surface area (Å²) in [5.74, 6) is -1.48. The highest BCUT2D eigenvalue weighted by Crippen LogP contribution is 2.43. The zero-order chi connectivity index (χ0) is 42.8. The van der Waals surface area contributed by atoms with Crippen molar-refractivity contribution in [2.75, 3.05) is 26.4 Å². The predicted molar refractivity (Wildman–Crippen MR) is 233 cm³/mol. The lowest BCUT2D eigenvalue weighted by Gasteiger charge is -2.21. The van der Waals surface area contributed by atoms with Crippen molar-refractivity contribution >= 4 is 25.7 Å². The third kappa shape index (κ3) is 39.4. The Labute approximate surface area is 353 Å². The molecule has 3 unspecified atom stereocenters. The first-order chi connectivity index (χ1) is 28.2. The minimum atomic E-state index is -4.73. The van der Waals surface area contributed by atoms with Gasteiger partial charge in [-0.2, -0.15) is 0 Å². The Balaban J connectivity index is 4.74. The molecule has 0 aliphatic heterocycles. The van der Waals surface area contributed by atoms with E-state index in [1.807, 2.05) is 0 Å². The average Bonchev–Trinajstić information content (AvgIpc) is 3.20. The second kappa shape index (κ2) is 41.7. The second-order valence-electron chi connectivity index (χ2n) is 15.6. The number of hydrogen-bond donors (Lipinski definition) is 2. The molecule has 3 atom stereocenters. The van der Waals surface area contributed by atoms with Crippen LogP contribution in [-0.2, 0) is 42.2 Å². The Bertz CT molecular complexity index is 1080. The van der Waals surface area contributed by atoms with E-state index in [1.54, 1.807) is 0 Å². The Morgan fingerprint density at radius 3 is 1.24 bits per heavy atom. The first-order valence-corrected chi connectivity index (χ1v) is 24.7. The number of esters is 3. The molecule has 2 N–H and O–H groups in total. The van der Waals surface area contributed by atoms with E-state index in [1.165, 1.54) is 57.8 Å². The number of aliphatic hydroxyl groups is 1. The number of hydrogen-bond acceptors (Lipinski definition) is 10. The minimum Gasteiger partial charge on any atom is -0.462 e. The van der Waals surface area contributed by atoms with Crippen LogP contribution in [0.15, 0.2) is 24.3 Å². The average molecular weight is 845 g/mol. The first-order valence-electron chi connectivity index (χ1n) is 23.2. The Kier molecular flexibility index (Phi) is 40.2. The fourth-order valence-electron chi connectivity index (χ4n) is 6.20. The van der Waals surface area contributed by atoms with E-state index < -0.39 is 57.8 Å². The smallest absolute Gasteiger partial charge is 0.462 e. The van der Waals surface area contributed by atoms with Crippen LogP contribution in [0.1, 0.15) is 213 Å². The normalized spacial score (nSPS) is 13.8. The van der Waals surface area contributed by atoms with E-state index in [0.717, 1.165) is 96.3 Å². The van der Waals surface area contributed by atoms with Gasteiger partial charge < -0.3 is 24.2 Å². The van der Waals surface area contributed by atoms with Gasteiger partial charge in [0.2, 0.25) is 0 Å². The number of ether oxygens (including phenoxy) is 3. The van der Waals surface area contributed by atoms with Crippen LogP contribution >= 0.6 is 7.82 Å². The van der Waals surface area contributed by atoms with Gasteiger partial charge in [-0.3, -0.25) is 23.4 Å². The van der Waals surface area contributed by atoms with Crippen molar-refractivity contribution in [1.29, 1.82) is 0 Å². The highest BCUT2D eigenvalue weighted by Gasteiger charge is 2.28. The zero-order valence-corrected chi connectivity index (χ0v) is 37.9. The lowest BCUT2D eigenvalue weighted by molar-refractivity contribution is -0.161. The number of carbonyl (C=O) groups excluding carboxylic acids is 3. The summed E-state index contributed by atoms with van der Waals surface area (Å²) in [6.45, 7) is 4.50. The van der Waals surface area contributed by atoms with Crippen molar-refractivity contribution in [3.05, 3.63) is 24.3 Å². The van der Waals surface area contributed by atoms with Crippen LogP contribution in [0.25, 0.3) is 0 Å². The third-order valence-electron chi connectivity index (χ3n) is 9.85. The van der Waals surface area contributed by atoms with E-state index in [9.17, 15) is 28.9 Å². The number of phosphoric acid groups is 1. The molecule has 0 aliphatic rings. The molecule has 0 aromatic rings. The first kappa shape index (κ1) is 56.0. The van der Waals surface area contributed by atoms with Gasteiger partial charge in [0, 0.05) is 19.3 Å². The quantitative estimate of drug-likeness (QED) is 0.0198. The number of aliphatic hydroxyl groups excluding tert-OH is 1. The molecule has 11 nitrogen and oxygen atoms in total. The molecule has 0 aromatic carbocycles. The summed E-state index contributed by atoms with van der Waals surface area (Å²) in [7, 11) is -4.73. The molecule has 12 heteroatoms. The van der Waals surface area contributed by atoms with E-state index in [0.29, 0.717) is 19.3 Å². The fourth-order valence-corrected chi connectivity index (χ4v) is 6.98. The summed E-state index contributed by atoms with van der Waals surface area (Å²) in [6, 6.07) is 0. The molecule has 0 radical (unpaired) electrons. The lowest BCUT2D eigenvalue weighted by Crippen LogP contribution is -2.30. The van der Waals surface area contributed by atoms with Gasteiger partial charge in [0.25, 0.3) is 0 Å². The molecule has 0 spiro atoms. The highest BCUT2D eigenvalue weighted by molar-refractivity contribution is 7.47. The van der Waals surface area contributed by atoms with Gasteiger partial charge in [-0.05, 0) is 57.8 Å². The second-order valence-corrected chi connectivity index (χ2v) is 17.0. The Morgan fingerprint density at radius 2 is 0.810 bits per heavy atom. The van der Waals surface area contributed by atoms with Gasteiger partial charge in [-0.15, -0.1) is 0 Å². The van der Waals surface area contributed by atoms with Crippen molar-refractivity contribution in [1.82, 2.24) is 0 Å². The topological polar surface area (TPSA) is 155 Å². The molecule has 0 amide bonds. The van der Waals surface area contributed by atoms with Gasteiger partial charge in [-0.25, -0.2) is 4.57 Å². The van der Waals surface area contributed by atoms with Crippen molar-refractivity contribution in [2.45, 2.75) is 226 Å². The van der Waals surface area contributed by atoms with Crippen LogP contribution in [0.5, 0.6) is 0 Å². The Hall–Kier alpha value is -2.04. The molecule has 0 aliphatic carbocycles. The number of phosphoric ester groups is 1. The maximum absolute atomic E-state index is 12.8. The summed E-state index contributed by atoms with van der Waals surface area (Å²) >= 11 is 0. The molecular weight excluding hydrogens is 759 g/mol. The maximum Gasteiger partial charge on any atom is 0.472 e. The zero-order valence-electron chi connectivity index (χ0n) is 37.0. The molecule has 0 rings (SSSR count). The molecule has 0 fully saturated rings. The molecule has 0 heterocycles. The lowest BCUT2D eigenvalue weighted by atomic mass is 10.1. The summed E-state index contributed by atoms with van der Waals surface area (Å²) in [4.78, 5) is 47.9. The predicted octanol–water partition coefficient (Wildman–Crippen LogP) is 12.4. The van der Waals surface area contributed by atoms with E-state index >= 15 is 0 Å². The van der Waals surface area contributed by atoms with Crippen molar-refractivity contribution < 1.29 is 52.2 Å². The number of unbranched alkanes of at least 4 members (excludes halogenated alkanes) is 22. The van der Waals surface area contributed by atoms with Gasteiger partial charge in [0.1, 0.15) is 12.7 Å². The van der Waals surface area contributed by atoms with Gasteiger partial charge in [-0.1, -0.05) is 161 Å². The maximum atomic E-state index is 12.8. The van der Waals surface area contributed by atoms with E-state index in [-0.39, 0.29) is 25.9 Å². The van der Waals surface area contributed by atoms with Crippen LogP contribution < -0.4 is 0 Å². The minimum absolute atomic E-state index is 0.160. The van der Waals surface area contributed by atoms with E-state index in [2.05, 4.69) is 45.1 Å². The number of allylic oxidation sites excluding steroid dienone is 4. The van der Waals surface area contributed by atoms with Crippen molar-refractivity contribution in [3.8, 4) is 0 Å². The highest BCUT2D eigenvalue weighted by atomic mass is 31.2. The molecule has 0 aromatic heterocycles. The van der Waals surface area contributed by atoms with Crippen molar-refractivity contribution in [2.24, 2.45) is 0 Å². The van der Waals surface area contributed by atoms with Crippen molar-refractivity contribution in [3.63, 3.8) is 0 Å². The molecule has 0 saturated carbocycles. The van der Waals surface area contributed by atoms with Gasteiger partial charge >= 0.3 is 25.7 Å². The SMILES string of the molecule is CCCC/C=C\CCCCCCCC(=O)OC(CO)COP(=O)(O)OCC(COC(=O)CCCCCCCCCCC)OC(=O)CCCCCCC/C=C\CCCC. The monoisotopic (exact) mass is 845 g/mol. The molecule has 58 heavy (non-hydrogen) atoms. The standard InChI is InChI=1S/C46H85O11P/c1-4-7-10-13-16-19-21-24-27-30-33-36-45(49)56-42(38-47)40-54-58(51,52)55-41-43(39-53-44(48)35-32-29-26-23-18-15-12-9-6-3)57-46(50)37-34-31-28-25-22-20-17-14-11-8-5-2/h13-14,16-17,42-43,47H,4-12,15,18-41H2,1-3H3,(H,51,52)/b16-13-,17-14-. The third-order valence-corrected chi connectivity index (χ3v) is 10.8. The summed E-state index contributed by atoms with van der Waals surface area (Å²) in [6.07, 6.45) is 36.0. The summed E-state index contributed by atoms with van der Waals surface area (Å²) in [5, 5.41) is 9.71. The number of rotatable bonds is 43. The Morgan fingerprint density at radius 1 is 0.466 bits per heavy atom. The van der Waals surface area contributed by atoms with Crippen LogP contribution in [0, 0.1) is 0 Å². The van der Waals surface area contributed by atoms with Crippen LogP contribution in [-0.4, -0.2) is 66.5 Å². The summed E-state index contributed by atoms with van der Waals surface area (Å²) < 4.78 is 39.1. The van der Waals surface area contributed by atoms with Gasteiger partial charge in [0.05, 0.1) is 19.8 Å². The van der Waals surface area contributed by atoms with Crippen LogP contribution in [0.2, 0.25) is 0 Å². The molecular formula is C46H85O11P.